The van der Waals surface area contributed by atoms with Crippen LogP contribution < -0.4 is 4.74 Å². The molecule has 0 radical (unpaired) electrons. The summed E-state index contributed by atoms with van der Waals surface area (Å²) in [5, 5.41) is 0. The molecule has 0 fully saturated rings. The zero-order valence-corrected chi connectivity index (χ0v) is 42.4. The Morgan fingerprint density at radius 2 is 1.22 bits per heavy atom. The van der Waals surface area contributed by atoms with E-state index in [1.807, 2.05) is 44.3 Å². The number of aryl methyl sites for hydroxylation is 2. The van der Waals surface area contributed by atoms with Crippen LogP contribution in [0.2, 0.25) is 0 Å². The molecule has 0 atom stereocenters. The zero-order valence-electron chi connectivity index (χ0n) is 41.2. The van der Waals surface area contributed by atoms with Gasteiger partial charge in [-0.05, 0) is 111 Å². The molecule has 69 heavy (non-hydrogen) atoms. The van der Waals surface area contributed by atoms with Crippen LogP contribution in [-0.2, 0) is 26.5 Å². The van der Waals surface area contributed by atoms with Crippen molar-refractivity contribution < 1.29 is 27.2 Å². The van der Waals surface area contributed by atoms with Crippen LogP contribution in [0.4, 0.5) is 0 Å². The summed E-state index contributed by atoms with van der Waals surface area (Å²) >= 11 is 0. The largest absolute Gasteiger partial charge is 2.00 e. The van der Waals surface area contributed by atoms with Crippen molar-refractivity contribution in [1.82, 2.24) is 14.5 Å². The van der Waals surface area contributed by atoms with E-state index in [4.69, 9.17) is 16.1 Å². The number of aromatic nitrogens is 3. The third kappa shape index (κ3) is 9.27. The molecule has 2 aromatic heterocycles. The van der Waals surface area contributed by atoms with Crippen LogP contribution in [0.5, 0.6) is 5.75 Å². The van der Waals surface area contributed by atoms with Gasteiger partial charge < -0.3 is 4.74 Å². The summed E-state index contributed by atoms with van der Waals surface area (Å²) in [5.74, 6) is 0.744. The molecule has 0 aliphatic heterocycles. The summed E-state index contributed by atoms with van der Waals surface area (Å²) < 4.78 is 16.9. The molecule has 10 rings (SSSR count). The van der Waals surface area contributed by atoms with E-state index in [-0.39, 0.29) is 26.5 Å². The fourth-order valence-electron chi connectivity index (χ4n) is 9.56. The molecule has 0 saturated heterocycles. The van der Waals surface area contributed by atoms with Crippen molar-refractivity contribution in [3.63, 3.8) is 0 Å². The van der Waals surface area contributed by atoms with Gasteiger partial charge >= 0.3 is 21.1 Å². The molecule has 8 aromatic carbocycles. The second kappa shape index (κ2) is 19.5. The van der Waals surface area contributed by atoms with E-state index >= 15 is 0 Å². The van der Waals surface area contributed by atoms with Crippen LogP contribution >= 0.6 is 0 Å². The molecule has 0 bridgehead atoms. The number of fused-ring (bicyclic) bond motifs is 1. The monoisotopic (exact) mass is 1080 g/mol. The van der Waals surface area contributed by atoms with Crippen LogP contribution in [0.1, 0.15) is 64.1 Å². The van der Waals surface area contributed by atoms with Crippen molar-refractivity contribution >= 4 is 11.0 Å². The first-order valence-electron chi connectivity index (χ1n) is 23.8. The molecule has 0 unspecified atom stereocenters. The minimum atomic E-state index is -0.681. The second-order valence-electron chi connectivity index (χ2n) is 19.0. The van der Waals surface area contributed by atoms with E-state index in [0.29, 0.717) is 5.75 Å². The molecule has 4 nitrogen and oxygen atoms in total. The molecule has 0 N–H and O–H groups in total. The Morgan fingerprint density at radius 1 is 0.594 bits per heavy atom. The molecule has 0 aliphatic rings. The quantitative estimate of drug-likeness (QED) is 0.128. The number of hydrogen-bond donors (Lipinski definition) is 0. The SMILES string of the molecule is [2H]C(C)(C)c1ccc(-c2ccnc(-c3[c-]c(-c4cccc5c4nc(-c4cc(C)cc(C)c4O[CH2-])n5-c4cc(-c5ccccc5)c(C(C)(C)C)cc4-c4ccccc4)cc(-c4ccccc4)c3)c2)cc1.[Pt+2]. The van der Waals surface area contributed by atoms with E-state index in [0.717, 1.165) is 112 Å². The van der Waals surface area contributed by atoms with Gasteiger partial charge in [0.25, 0.3) is 0 Å². The molecule has 342 valence electrons. The summed E-state index contributed by atoms with van der Waals surface area (Å²) in [6.45, 7) is 14.9. The van der Waals surface area contributed by atoms with Gasteiger partial charge in [0.05, 0.1) is 28.0 Å². The van der Waals surface area contributed by atoms with Crippen molar-refractivity contribution in [3.05, 3.63) is 224 Å². The fraction of sp³-hybridized carbons (Fsp3) is 0.141. The molecule has 2 heterocycles. The maximum atomic E-state index is 8.55. The first-order chi connectivity index (χ1) is 33.2. The van der Waals surface area contributed by atoms with Gasteiger partial charge in [-0.25, -0.2) is 4.98 Å². The van der Waals surface area contributed by atoms with E-state index in [1.54, 1.807) is 0 Å². The summed E-state index contributed by atoms with van der Waals surface area (Å²) in [6.07, 6.45) is 1.87. The van der Waals surface area contributed by atoms with Crippen LogP contribution in [0.15, 0.2) is 188 Å². The van der Waals surface area contributed by atoms with Crippen LogP contribution in [0, 0.1) is 27.0 Å². The number of benzene rings is 8. The van der Waals surface area contributed by atoms with E-state index in [9.17, 15) is 0 Å². The van der Waals surface area contributed by atoms with Crippen LogP contribution in [0.3, 0.4) is 0 Å². The predicted octanol–water partition coefficient (Wildman–Crippen LogP) is 17.1. The number of imidazole rings is 1. The van der Waals surface area contributed by atoms with Gasteiger partial charge in [0.15, 0.2) is 0 Å². The first-order valence-corrected chi connectivity index (χ1v) is 23.3. The van der Waals surface area contributed by atoms with Gasteiger partial charge in [-0.1, -0.05) is 191 Å². The van der Waals surface area contributed by atoms with Gasteiger partial charge in [-0.2, -0.15) is 7.11 Å². The van der Waals surface area contributed by atoms with Crippen molar-refractivity contribution in [3.8, 4) is 89.7 Å². The summed E-state index contributed by atoms with van der Waals surface area (Å²) in [4.78, 5) is 10.7. The summed E-state index contributed by atoms with van der Waals surface area (Å²) in [5.41, 5.74) is 20.0. The minimum Gasteiger partial charge on any atom is -0.665 e. The second-order valence-corrected chi connectivity index (χ2v) is 19.0. The number of pyridine rings is 1. The fourth-order valence-corrected chi connectivity index (χ4v) is 9.56. The summed E-state index contributed by atoms with van der Waals surface area (Å²) in [7, 11) is 3.97. The number of rotatable bonds is 10. The predicted molar refractivity (Wildman–Crippen MR) is 284 cm³/mol. The van der Waals surface area contributed by atoms with E-state index < -0.39 is 5.89 Å². The molecule has 0 saturated carbocycles. The number of nitrogens with zero attached hydrogens (tertiary/aromatic N) is 3. The Hall–Kier alpha value is -7.13. The maximum Gasteiger partial charge on any atom is 2.00 e. The first kappa shape index (κ1) is 45.6. The third-order valence-corrected chi connectivity index (χ3v) is 12.9. The van der Waals surface area contributed by atoms with Crippen LogP contribution in [0.25, 0.3) is 95.0 Å². The van der Waals surface area contributed by atoms with Gasteiger partial charge in [-0.3, -0.25) is 9.55 Å². The average Bonchev–Trinajstić information content (AvgIpc) is 3.76. The zero-order chi connectivity index (χ0) is 48.0. The molecular weight excluding hydrogens is 1020 g/mol. The molecular formula is C64H55N3OPt. The number of ether oxygens (including phenoxy) is 1. The molecule has 0 amide bonds. The van der Waals surface area contributed by atoms with Gasteiger partial charge in [0.2, 0.25) is 0 Å². The van der Waals surface area contributed by atoms with Crippen molar-refractivity contribution in [2.75, 3.05) is 0 Å². The van der Waals surface area contributed by atoms with Gasteiger partial charge in [-0.15, -0.1) is 23.8 Å². The number of para-hydroxylation sites is 1. The Balaban J connectivity index is 0.00000608. The minimum absolute atomic E-state index is 0. The molecule has 5 heteroatoms. The smallest absolute Gasteiger partial charge is 0.665 e. The van der Waals surface area contributed by atoms with Crippen molar-refractivity contribution in [1.29, 1.82) is 0 Å². The summed E-state index contributed by atoms with van der Waals surface area (Å²) in [6, 6.07) is 68.1. The van der Waals surface area contributed by atoms with Crippen molar-refractivity contribution in [2.45, 2.75) is 59.8 Å². The standard InChI is InChI=1S/C64H55N3O.Pt/c1-41(2)44-27-29-46(30-28-44)49-31-32-65-58(38-49)52-36-50(45-19-12-9-13-20-45)35-51(37-52)53-25-18-26-59-61(53)66-63(56-34-42(3)33-43(4)62(56)68-8)67(59)60-40-54(47-21-14-10-15-22-47)57(64(5,6)7)39-55(60)48-23-16-11-17-24-48;/h9-36,38-41H,8H2,1-7H3;/q-2;+2/i41D;. The Morgan fingerprint density at radius 3 is 1.86 bits per heavy atom. The Kier molecular flexibility index (Phi) is 12.9. The Bertz CT molecular complexity index is 3500. The average molecular weight is 1080 g/mol. The number of hydrogen-bond acceptors (Lipinski definition) is 3. The Labute approximate surface area is 423 Å². The van der Waals surface area contributed by atoms with Gasteiger partial charge in [0, 0.05) is 18.8 Å². The molecule has 0 aliphatic carbocycles. The topological polar surface area (TPSA) is 39.9 Å². The molecule has 10 aromatic rings. The van der Waals surface area contributed by atoms with Crippen LogP contribution in [-0.4, -0.2) is 14.5 Å². The van der Waals surface area contributed by atoms with E-state index in [2.05, 4.69) is 210 Å². The normalized spacial score (nSPS) is 11.9. The van der Waals surface area contributed by atoms with E-state index in [1.165, 1.54) is 5.56 Å². The van der Waals surface area contributed by atoms with Crippen molar-refractivity contribution in [2.24, 2.45) is 0 Å². The van der Waals surface area contributed by atoms with Gasteiger partial charge in [0.1, 0.15) is 5.82 Å². The molecule has 0 spiro atoms. The maximum absolute atomic E-state index is 8.55. The third-order valence-electron chi connectivity index (χ3n) is 12.9.